The summed E-state index contributed by atoms with van der Waals surface area (Å²) in [5, 5.41) is 27.1. The van der Waals surface area contributed by atoms with E-state index in [0.717, 1.165) is 32.1 Å². The normalized spacial score (nSPS) is 10.8. The molecular formula is C26H48N2Na2O6. The number of rotatable bonds is 24. The van der Waals surface area contributed by atoms with Crippen molar-refractivity contribution in [1.82, 2.24) is 9.80 Å². The molecule has 0 heterocycles. The van der Waals surface area contributed by atoms with Crippen LogP contribution in [0, 0.1) is 0 Å². The summed E-state index contributed by atoms with van der Waals surface area (Å²) >= 11 is 0. The maximum absolute atomic E-state index is 12.5. The zero-order chi connectivity index (χ0) is 25.4. The van der Waals surface area contributed by atoms with Crippen molar-refractivity contribution in [2.75, 3.05) is 39.3 Å². The second-order valence-corrected chi connectivity index (χ2v) is 8.94. The summed E-state index contributed by atoms with van der Waals surface area (Å²) in [5.74, 6) is -2.32. The van der Waals surface area contributed by atoms with Gasteiger partial charge in [0, 0.05) is 85.2 Å². The molecule has 0 saturated carbocycles. The second kappa shape index (κ2) is 29.6. The van der Waals surface area contributed by atoms with E-state index in [1.807, 2.05) is 0 Å². The Morgan fingerprint density at radius 3 is 1.61 bits per heavy atom. The predicted molar refractivity (Wildman–Crippen MR) is 146 cm³/mol. The number of aliphatic hydroxyl groups is 1. The molecular weight excluding hydrogens is 482 g/mol. The molecule has 1 amide bonds. The quantitative estimate of drug-likeness (QED) is 0.0992. The molecule has 0 aromatic heterocycles. The fourth-order valence-corrected chi connectivity index (χ4v) is 3.85. The first kappa shape index (κ1) is 40.6. The van der Waals surface area contributed by atoms with Crippen LogP contribution in [0.3, 0.4) is 0 Å². The van der Waals surface area contributed by atoms with E-state index in [0.29, 0.717) is 6.42 Å². The van der Waals surface area contributed by atoms with Gasteiger partial charge in [-0.15, -0.1) is 0 Å². The van der Waals surface area contributed by atoms with Gasteiger partial charge in [-0.1, -0.05) is 70.4 Å². The molecule has 0 aromatic carbocycles. The van der Waals surface area contributed by atoms with Crippen molar-refractivity contribution in [1.29, 1.82) is 0 Å². The molecule has 36 heavy (non-hydrogen) atoms. The van der Waals surface area contributed by atoms with E-state index in [4.69, 9.17) is 10.2 Å². The Hall–Kier alpha value is 0.0700. The summed E-state index contributed by atoms with van der Waals surface area (Å²) in [6.45, 7) is 1.75. The molecule has 0 fully saturated rings. The van der Waals surface area contributed by atoms with E-state index in [1.165, 1.54) is 61.2 Å². The van der Waals surface area contributed by atoms with E-state index in [9.17, 15) is 19.5 Å². The summed E-state index contributed by atoms with van der Waals surface area (Å²) in [6, 6.07) is 0. The monoisotopic (exact) mass is 530 g/mol. The van der Waals surface area contributed by atoms with E-state index < -0.39 is 25.0 Å². The number of amides is 1. The standard InChI is InChI=1S/C26H48N2O6.2Na/c1-2-3-4-5-6-7-8-9-10-11-12-13-14-15-16-17-24(30)28(20-21-29)19-18-27(22-25(31)32)23-26(33)34;;/h9-10,29H,2-8,11-23H2,1H3,(H,31,32)(H,33,34);;/b10-9-;;. The Kier molecular flexibility index (Phi) is 33.4. The van der Waals surface area contributed by atoms with Crippen LogP contribution in [-0.4, -0.2) is 141 Å². The average Bonchev–Trinajstić information content (AvgIpc) is 2.78. The largest absolute Gasteiger partial charge is 0.480 e. The molecule has 0 atom stereocenters. The maximum Gasteiger partial charge on any atom is 0.317 e. The first-order valence-corrected chi connectivity index (χ1v) is 13.1. The van der Waals surface area contributed by atoms with Gasteiger partial charge in [-0.05, 0) is 32.1 Å². The van der Waals surface area contributed by atoms with Gasteiger partial charge in [-0.25, -0.2) is 0 Å². The van der Waals surface area contributed by atoms with Crippen LogP contribution in [0.2, 0.25) is 0 Å². The van der Waals surface area contributed by atoms with E-state index in [-0.39, 0.29) is 91.3 Å². The Morgan fingerprint density at radius 1 is 0.667 bits per heavy atom. The summed E-state index contributed by atoms with van der Waals surface area (Å²) in [4.78, 5) is 37.0. The van der Waals surface area contributed by atoms with Crippen molar-refractivity contribution in [2.24, 2.45) is 0 Å². The molecule has 3 N–H and O–H groups in total. The first-order chi connectivity index (χ1) is 16.4. The number of aliphatic hydroxyl groups excluding tert-OH is 1. The van der Waals surface area contributed by atoms with Gasteiger partial charge in [-0.2, -0.15) is 0 Å². The Bertz CT molecular complexity index is 563. The molecule has 0 saturated heterocycles. The van der Waals surface area contributed by atoms with Crippen molar-refractivity contribution in [3.63, 3.8) is 0 Å². The number of carbonyl (C=O) groups excluding carboxylic acids is 1. The number of hydrogen-bond donors (Lipinski definition) is 3. The fourth-order valence-electron chi connectivity index (χ4n) is 3.85. The Labute approximate surface area is 262 Å². The number of nitrogens with zero attached hydrogens (tertiary/aromatic N) is 2. The van der Waals surface area contributed by atoms with Crippen LogP contribution in [0.4, 0.5) is 0 Å². The minimum absolute atomic E-state index is 0. The van der Waals surface area contributed by atoms with Crippen molar-refractivity contribution in [3.05, 3.63) is 12.2 Å². The molecule has 0 aliphatic rings. The van der Waals surface area contributed by atoms with Gasteiger partial charge in [0.1, 0.15) is 0 Å². The van der Waals surface area contributed by atoms with Crippen LogP contribution in [-0.2, 0) is 14.4 Å². The summed E-state index contributed by atoms with van der Waals surface area (Å²) in [7, 11) is 0. The molecule has 0 aliphatic carbocycles. The van der Waals surface area contributed by atoms with Gasteiger partial charge >= 0.3 is 11.9 Å². The number of allylic oxidation sites excluding steroid dienone is 2. The molecule has 0 unspecified atom stereocenters. The van der Waals surface area contributed by atoms with Crippen LogP contribution >= 0.6 is 0 Å². The van der Waals surface area contributed by atoms with Crippen LogP contribution < -0.4 is 0 Å². The van der Waals surface area contributed by atoms with Crippen LogP contribution in [0.5, 0.6) is 0 Å². The smallest absolute Gasteiger partial charge is 0.317 e. The minimum atomic E-state index is -1.12. The summed E-state index contributed by atoms with van der Waals surface area (Å²) in [6.07, 6.45) is 20.4. The van der Waals surface area contributed by atoms with E-state index in [1.54, 1.807) is 0 Å². The van der Waals surface area contributed by atoms with Gasteiger partial charge in [0.15, 0.2) is 0 Å². The van der Waals surface area contributed by atoms with E-state index in [2.05, 4.69) is 19.1 Å². The third-order valence-corrected chi connectivity index (χ3v) is 5.78. The van der Waals surface area contributed by atoms with Crippen molar-refractivity contribution in [3.8, 4) is 0 Å². The molecule has 10 heteroatoms. The Balaban J connectivity index is -0.00000544. The first-order valence-electron chi connectivity index (χ1n) is 13.1. The van der Waals surface area contributed by atoms with Gasteiger partial charge < -0.3 is 20.2 Å². The maximum atomic E-state index is 12.5. The second-order valence-electron chi connectivity index (χ2n) is 8.94. The van der Waals surface area contributed by atoms with Gasteiger partial charge in [0.05, 0.1) is 19.7 Å². The number of aliphatic carboxylic acids is 2. The number of unbranched alkanes of at least 4 members (excludes halogenated alkanes) is 11. The predicted octanol–water partition coefficient (Wildman–Crippen LogP) is 3.55. The molecule has 0 rings (SSSR count). The van der Waals surface area contributed by atoms with E-state index >= 15 is 0 Å². The van der Waals surface area contributed by atoms with Crippen LogP contribution in [0.15, 0.2) is 12.2 Å². The van der Waals surface area contributed by atoms with Crippen molar-refractivity contribution >= 4 is 77.0 Å². The van der Waals surface area contributed by atoms with Crippen molar-refractivity contribution in [2.45, 2.75) is 96.8 Å². The molecule has 0 aliphatic heterocycles. The number of hydrogen-bond acceptors (Lipinski definition) is 5. The van der Waals surface area contributed by atoms with Gasteiger partial charge in [-0.3, -0.25) is 19.3 Å². The molecule has 0 bridgehead atoms. The molecule has 2 radical (unpaired) electrons. The molecule has 8 nitrogen and oxygen atoms in total. The van der Waals surface area contributed by atoms with Gasteiger partial charge in [0.2, 0.25) is 5.91 Å². The zero-order valence-corrected chi connectivity index (χ0v) is 27.3. The summed E-state index contributed by atoms with van der Waals surface area (Å²) < 4.78 is 0. The average molecular weight is 531 g/mol. The Morgan fingerprint density at radius 2 is 1.14 bits per heavy atom. The third kappa shape index (κ3) is 27.1. The zero-order valence-electron chi connectivity index (χ0n) is 23.3. The summed E-state index contributed by atoms with van der Waals surface area (Å²) in [5.41, 5.74) is 0. The van der Waals surface area contributed by atoms with Gasteiger partial charge in [0.25, 0.3) is 0 Å². The molecule has 0 aromatic rings. The number of carboxylic acid groups (broad SMARTS) is 2. The SMILES string of the molecule is CCCCCCCC/C=C\CCCCCCCC(=O)N(CCO)CCN(CC(=O)O)CC(=O)O.[Na].[Na]. The topological polar surface area (TPSA) is 118 Å². The van der Waals surface area contributed by atoms with Crippen LogP contribution in [0.25, 0.3) is 0 Å². The fraction of sp³-hybridized carbons (Fsp3) is 0.808. The van der Waals surface area contributed by atoms with Crippen molar-refractivity contribution < 1.29 is 29.7 Å². The molecule has 200 valence electrons. The number of carbonyl (C=O) groups is 3. The van der Waals surface area contributed by atoms with Crippen LogP contribution in [0.1, 0.15) is 96.8 Å². The molecule has 0 spiro atoms. The number of carboxylic acids is 2. The minimum Gasteiger partial charge on any atom is -0.480 e. The third-order valence-electron chi connectivity index (χ3n) is 5.78.